The number of aliphatic imine (C=N–C) groups is 1. The lowest BCUT2D eigenvalue weighted by Crippen LogP contribution is -2.19. The van der Waals surface area contributed by atoms with Crippen molar-refractivity contribution in [2.24, 2.45) is 4.99 Å². The van der Waals surface area contributed by atoms with Gasteiger partial charge in [-0.25, -0.2) is 9.38 Å². The summed E-state index contributed by atoms with van der Waals surface area (Å²) in [6.07, 6.45) is 4.14. The van der Waals surface area contributed by atoms with E-state index < -0.39 is 0 Å². The number of hydrogen-bond donors (Lipinski definition) is 1. The first-order chi connectivity index (χ1) is 17.4. The average Bonchev–Trinajstić information content (AvgIpc) is 3.19. The van der Waals surface area contributed by atoms with E-state index in [-0.39, 0.29) is 11.7 Å². The van der Waals surface area contributed by atoms with E-state index in [9.17, 15) is 9.18 Å². The van der Waals surface area contributed by atoms with Gasteiger partial charge in [-0.15, -0.1) is 6.58 Å². The van der Waals surface area contributed by atoms with Crippen molar-refractivity contribution >= 4 is 46.2 Å². The number of ether oxygens (including phenoxy) is 2. The third kappa shape index (κ3) is 6.56. The van der Waals surface area contributed by atoms with Crippen LogP contribution in [0.3, 0.4) is 0 Å². The molecular weight excluding hydrogens is 499 g/mol. The average molecular weight is 523 g/mol. The quantitative estimate of drug-likeness (QED) is 0.241. The molecule has 1 saturated heterocycles. The van der Waals surface area contributed by atoms with Gasteiger partial charge in [0.2, 0.25) is 0 Å². The molecule has 4 rings (SSSR count). The van der Waals surface area contributed by atoms with Crippen molar-refractivity contribution in [3.63, 3.8) is 0 Å². The van der Waals surface area contributed by atoms with Crippen LogP contribution in [0.15, 0.2) is 83.2 Å². The summed E-state index contributed by atoms with van der Waals surface area (Å²) in [5.41, 5.74) is 3.20. The predicted octanol–water partition coefficient (Wildman–Crippen LogP) is 7.08. The first-order valence-electron chi connectivity index (χ1n) is 11.3. The van der Waals surface area contributed by atoms with Gasteiger partial charge in [0.25, 0.3) is 5.91 Å². The van der Waals surface area contributed by atoms with Crippen molar-refractivity contribution < 1.29 is 18.7 Å². The van der Waals surface area contributed by atoms with Crippen LogP contribution >= 0.6 is 23.4 Å². The number of carbonyl (C=O) groups is 1. The van der Waals surface area contributed by atoms with Crippen molar-refractivity contribution in [3.05, 3.63) is 106 Å². The maximum atomic E-state index is 13.2. The maximum absolute atomic E-state index is 13.2. The fraction of sp³-hybridized carbons (Fsp3) is 0.143. The minimum atomic E-state index is -0.344. The van der Waals surface area contributed by atoms with E-state index in [1.54, 1.807) is 24.3 Å². The van der Waals surface area contributed by atoms with Crippen LogP contribution in [-0.2, 0) is 17.8 Å². The summed E-state index contributed by atoms with van der Waals surface area (Å²) in [5, 5.41) is 3.84. The summed E-state index contributed by atoms with van der Waals surface area (Å²) in [6.45, 7) is 6.57. The molecule has 0 atom stereocenters. The van der Waals surface area contributed by atoms with Crippen LogP contribution in [-0.4, -0.2) is 17.7 Å². The van der Waals surface area contributed by atoms with Gasteiger partial charge in [-0.3, -0.25) is 4.79 Å². The molecule has 0 radical (unpaired) electrons. The van der Waals surface area contributed by atoms with Crippen LogP contribution in [0.25, 0.3) is 6.08 Å². The number of hydrogen-bond acceptors (Lipinski definition) is 5. The molecule has 0 unspecified atom stereocenters. The molecule has 3 aromatic rings. The number of halogens is 2. The van der Waals surface area contributed by atoms with E-state index in [1.807, 2.05) is 43.3 Å². The van der Waals surface area contributed by atoms with Crippen molar-refractivity contribution in [1.82, 2.24) is 5.32 Å². The first kappa shape index (κ1) is 25.5. The molecule has 1 aliphatic rings. The van der Waals surface area contributed by atoms with Crippen LogP contribution in [0.2, 0.25) is 5.02 Å². The molecule has 0 aromatic heterocycles. The Kier molecular flexibility index (Phi) is 8.46. The Hall–Kier alpha value is -3.55. The zero-order chi connectivity index (χ0) is 25.5. The zero-order valence-electron chi connectivity index (χ0n) is 19.6. The molecule has 5 nitrogen and oxygen atoms in total. The Morgan fingerprint density at radius 3 is 2.56 bits per heavy atom. The summed E-state index contributed by atoms with van der Waals surface area (Å²) in [7, 11) is 0. The minimum absolute atomic E-state index is 0.257. The summed E-state index contributed by atoms with van der Waals surface area (Å²) in [6, 6.07) is 17.0. The molecule has 184 valence electrons. The van der Waals surface area contributed by atoms with Gasteiger partial charge in [-0.2, -0.15) is 0 Å². The van der Waals surface area contributed by atoms with E-state index >= 15 is 0 Å². The van der Waals surface area contributed by atoms with E-state index in [4.69, 9.17) is 21.1 Å². The highest BCUT2D eigenvalue weighted by atomic mass is 35.5. The van der Waals surface area contributed by atoms with Crippen molar-refractivity contribution in [2.45, 2.75) is 20.0 Å². The monoisotopic (exact) mass is 522 g/mol. The number of nitrogens with one attached hydrogen (secondary N) is 1. The number of amidine groups is 1. The number of carbonyl (C=O) groups excluding carboxylic acids is 1. The van der Waals surface area contributed by atoms with E-state index in [2.05, 4.69) is 16.9 Å². The first-order valence-corrected chi connectivity index (χ1v) is 12.5. The zero-order valence-corrected chi connectivity index (χ0v) is 21.2. The molecule has 1 aliphatic heterocycles. The molecule has 0 aliphatic carbocycles. The van der Waals surface area contributed by atoms with E-state index in [1.165, 1.54) is 23.9 Å². The van der Waals surface area contributed by atoms with Gasteiger partial charge in [0.1, 0.15) is 12.4 Å². The van der Waals surface area contributed by atoms with Gasteiger partial charge in [0, 0.05) is 10.6 Å². The summed E-state index contributed by atoms with van der Waals surface area (Å²) in [5.74, 6) is 0.619. The van der Waals surface area contributed by atoms with Gasteiger partial charge in [0.15, 0.2) is 16.7 Å². The van der Waals surface area contributed by atoms with Gasteiger partial charge in [-0.05, 0) is 90.8 Å². The van der Waals surface area contributed by atoms with Crippen molar-refractivity contribution in [2.75, 3.05) is 6.61 Å². The molecule has 0 bridgehead atoms. The van der Waals surface area contributed by atoms with Crippen molar-refractivity contribution in [3.8, 4) is 11.5 Å². The molecule has 3 aromatic carbocycles. The topological polar surface area (TPSA) is 59.9 Å². The Bertz CT molecular complexity index is 1320. The van der Waals surface area contributed by atoms with Crippen LogP contribution < -0.4 is 14.8 Å². The minimum Gasteiger partial charge on any atom is -0.490 e. The Morgan fingerprint density at radius 1 is 1.11 bits per heavy atom. The van der Waals surface area contributed by atoms with Gasteiger partial charge in [0.05, 0.1) is 17.2 Å². The third-order valence-electron chi connectivity index (χ3n) is 5.12. The number of allylic oxidation sites excluding steroid dienone is 1. The SMILES string of the molecule is C=CCc1cc(/C=C2/SC(=Nc3ccc(F)cc3)NC2=O)cc(OCC)c1OCc1ccc(Cl)cc1. The third-order valence-corrected chi connectivity index (χ3v) is 6.28. The Balaban J connectivity index is 1.61. The fourth-order valence-electron chi connectivity index (χ4n) is 3.50. The number of amides is 1. The lowest BCUT2D eigenvalue weighted by Gasteiger charge is -2.17. The molecule has 0 saturated carbocycles. The van der Waals surface area contributed by atoms with Crippen molar-refractivity contribution in [1.29, 1.82) is 0 Å². The smallest absolute Gasteiger partial charge is 0.264 e. The Morgan fingerprint density at radius 2 is 1.86 bits per heavy atom. The van der Waals surface area contributed by atoms with Gasteiger partial charge >= 0.3 is 0 Å². The highest BCUT2D eigenvalue weighted by Gasteiger charge is 2.24. The standard InChI is InChI=1S/C28H24ClFN2O3S/c1-3-5-20-14-19(15-24(34-4-2)26(20)35-17-18-6-8-21(29)9-7-18)16-25-27(33)32-28(36-25)31-23-12-10-22(30)11-13-23/h3,6-16H,1,4-5,17H2,2H3,(H,31,32,33)/b25-16+. The molecule has 36 heavy (non-hydrogen) atoms. The van der Waals surface area contributed by atoms with Crippen LogP contribution in [0.5, 0.6) is 11.5 Å². The summed E-state index contributed by atoms with van der Waals surface area (Å²) in [4.78, 5) is 17.4. The predicted molar refractivity (Wildman–Crippen MR) is 145 cm³/mol. The second kappa shape index (κ2) is 11.9. The lowest BCUT2D eigenvalue weighted by atomic mass is 10.0. The van der Waals surface area contributed by atoms with Gasteiger partial charge < -0.3 is 14.8 Å². The molecule has 8 heteroatoms. The largest absolute Gasteiger partial charge is 0.490 e. The highest BCUT2D eigenvalue weighted by molar-refractivity contribution is 8.18. The highest BCUT2D eigenvalue weighted by Crippen LogP contribution is 2.37. The number of benzene rings is 3. The van der Waals surface area contributed by atoms with Crippen LogP contribution in [0, 0.1) is 5.82 Å². The van der Waals surface area contributed by atoms with E-state index in [0.29, 0.717) is 51.9 Å². The fourth-order valence-corrected chi connectivity index (χ4v) is 4.47. The van der Waals surface area contributed by atoms with E-state index in [0.717, 1.165) is 16.7 Å². The summed E-state index contributed by atoms with van der Waals surface area (Å²) >= 11 is 7.20. The number of thioether (sulfide) groups is 1. The molecule has 1 heterocycles. The maximum Gasteiger partial charge on any atom is 0.264 e. The molecular formula is C28H24ClFN2O3S. The molecule has 1 fully saturated rings. The second-order valence-electron chi connectivity index (χ2n) is 7.81. The van der Waals surface area contributed by atoms with Gasteiger partial charge in [-0.1, -0.05) is 29.8 Å². The molecule has 1 amide bonds. The molecule has 1 N–H and O–H groups in total. The number of rotatable bonds is 9. The molecule has 0 spiro atoms. The normalized spacial score (nSPS) is 15.2. The van der Waals surface area contributed by atoms with Crippen LogP contribution in [0.4, 0.5) is 10.1 Å². The Labute approximate surface area is 218 Å². The van der Waals surface area contributed by atoms with Crippen LogP contribution in [0.1, 0.15) is 23.6 Å². The lowest BCUT2D eigenvalue weighted by molar-refractivity contribution is -0.115. The number of nitrogens with zero attached hydrogens (tertiary/aromatic N) is 1. The summed E-state index contributed by atoms with van der Waals surface area (Å²) < 4.78 is 25.2. The second-order valence-corrected chi connectivity index (χ2v) is 9.27.